The van der Waals surface area contributed by atoms with Gasteiger partial charge in [-0.3, -0.25) is 4.79 Å². The summed E-state index contributed by atoms with van der Waals surface area (Å²) >= 11 is 7.60. The number of fused-ring (bicyclic) bond motifs is 1. The Morgan fingerprint density at radius 2 is 2.03 bits per heavy atom. The van der Waals surface area contributed by atoms with Crippen molar-refractivity contribution in [2.45, 2.75) is 28.7 Å². The van der Waals surface area contributed by atoms with Gasteiger partial charge in [-0.25, -0.2) is 4.79 Å². The molecule has 1 aliphatic rings. The molecule has 0 fully saturated rings. The predicted octanol–water partition coefficient (Wildman–Crippen LogP) is 5.68. The zero-order valence-corrected chi connectivity index (χ0v) is 18.3. The van der Waals surface area contributed by atoms with Gasteiger partial charge in [0.2, 0.25) is 0 Å². The third-order valence-corrected chi connectivity index (χ3v) is 6.72. The first-order valence-corrected chi connectivity index (χ1v) is 11.1. The molecule has 2 unspecified atom stereocenters. The number of benzene rings is 2. The summed E-state index contributed by atoms with van der Waals surface area (Å²) in [5, 5.41) is 14.2. The number of carboxylic acid groups (broad SMARTS) is 1. The Bertz CT molecular complexity index is 1220. The van der Waals surface area contributed by atoms with Gasteiger partial charge >= 0.3 is 5.97 Å². The number of carboxylic acids is 1. The highest BCUT2D eigenvalue weighted by Gasteiger charge is 2.44. The number of H-pyrrole nitrogens is 1. The van der Waals surface area contributed by atoms with Crippen molar-refractivity contribution >= 4 is 46.1 Å². The van der Waals surface area contributed by atoms with Gasteiger partial charge < -0.3 is 15.4 Å². The van der Waals surface area contributed by atoms with Gasteiger partial charge in [0, 0.05) is 43.4 Å². The zero-order valence-electron chi connectivity index (χ0n) is 16.8. The summed E-state index contributed by atoms with van der Waals surface area (Å²) in [4.78, 5) is 30.6. The summed E-state index contributed by atoms with van der Waals surface area (Å²) in [5.74, 6) is -1.85. The fourth-order valence-corrected chi connectivity index (χ4v) is 5.17. The number of hydrogen-bond acceptors (Lipinski definition) is 3. The van der Waals surface area contributed by atoms with E-state index in [2.05, 4.69) is 10.3 Å². The number of halogens is 1. The molecule has 2 aromatic carbocycles. The first-order chi connectivity index (χ1) is 14.9. The van der Waals surface area contributed by atoms with Crippen molar-refractivity contribution in [3.63, 3.8) is 0 Å². The van der Waals surface area contributed by atoms with Crippen LogP contribution < -0.4 is 5.32 Å². The summed E-state index contributed by atoms with van der Waals surface area (Å²) in [6.07, 6.45) is 9.29. The Hall–Kier alpha value is -2.96. The average Bonchev–Trinajstić information content (AvgIpc) is 3.16. The van der Waals surface area contributed by atoms with E-state index in [1.165, 1.54) is 11.8 Å². The number of aliphatic carboxylic acids is 1. The molecule has 31 heavy (non-hydrogen) atoms. The molecule has 5 nitrogen and oxygen atoms in total. The topological polar surface area (TPSA) is 82.2 Å². The average molecular weight is 453 g/mol. The Labute approximate surface area is 189 Å². The van der Waals surface area contributed by atoms with E-state index in [1.54, 1.807) is 30.4 Å². The lowest BCUT2D eigenvalue weighted by Gasteiger charge is -2.35. The molecule has 0 aliphatic heterocycles. The van der Waals surface area contributed by atoms with Crippen LogP contribution in [-0.4, -0.2) is 27.5 Å². The van der Waals surface area contributed by atoms with Crippen LogP contribution in [0.1, 0.15) is 23.7 Å². The van der Waals surface area contributed by atoms with E-state index in [0.717, 1.165) is 20.7 Å². The molecule has 2 atom stereocenters. The minimum Gasteiger partial charge on any atom is -0.479 e. The molecule has 1 heterocycles. The van der Waals surface area contributed by atoms with Crippen LogP contribution in [0.5, 0.6) is 0 Å². The lowest BCUT2D eigenvalue weighted by Crippen LogP contribution is -2.58. The number of amides is 1. The molecule has 1 aliphatic carbocycles. The van der Waals surface area contributed by atoms with E-state index >= 15 is 0 Å². The first kappa shape index (κ1) is 21.3. The van der Waals surface area contributed by atoms with Crippen molar-refractivity contribution in [2.24, 2.45) is 5.92 Å². The van der Waals surface area contributed by atoms with Crippen molar-refractivity contribution < 1.29 is 14.7 Å². The molecule has 158 valence electrons. The van der Waals surface area contributed by atoms with Crippen molar-refractivity contribution in [3.05, 3.63) is 83.6 Å². The number of hydrogen-bond donors (Lipinski definition) is 3. The molecule has 1 amide bonds. The second kappa shape index (κ2) is 8.65. The molecular weight excluding hydrogens is 432 g/mol. The number of carbonyl (C=O) groups excluding carboxylic acids is 1. The minimum absolute atomic E-state index is 0.343. The monoisotopic (exact) mass is 452 g/mol. The molecule has 3 aromatic rings. The maximum atomic E-state index is 13.4. The standard InChI is InChI=1S/C24H21ClN2O3S/c1-2-15-7-3-4-12-24(15,23(29)30)27-22(28)18-10-6-11-19-21(18)20(14-26-19)31-17-9-5-8-16(25)13-17/h3-15,26H,2H2,1H3,(H,27,28)(H,29,30). The highest BCUT2D eigenvalue weighted by molar-refractivity contribution is 7.99. The van der Waals surface area contributed by atoms with Gasteiger partial charge in [0.1, 0.15) is 0 Å². The number of rotatable bonds is 6. The molecular formula is C24H21ClN2O3S. The maximum absolute atomic E-state index is 13.4. The lowest BCUT2D eigenvalue weighted by molar-refractivity contribution is -0.144. The van der Waals surface area contributed by atoms with Crippen molar-refractivity contribution in [1.29, 1.82) is 0 Å². The molecule has 0 saturated carbocycles. The quantitative estimate of drug-likeness (QED) is 0.449. The summed E-state index contributed by atoms with van der Waals surface area (Å²) in [6.45, 7) is 1.91. The van der Waals surface area contributed by atoms with Crippen LogP contribution in [-0.2, 0) is 4.79 Å². The zero-order chi connectivity index (χ0) is 22.0. The highest BCUT2D eigenvalue weighted by Crippen LogP contribution is 2.37. The van der Waals surface area contributed by atoms with Crippen LogP contribution >= 0.6 is 23.4 Å². The number of allylic oxidation sites excluding steroid dienone is 2. The Morgan fingerprint density at radius 3 is 2.77 bits per heavy atom. The molecule has 1 aromatic heterocycles. The Morgan fingerprint density at radius 1 is 1.23 bits per heavy atom. The van der Waals surface area contributed by atoms with Crippen LogP contribution in [0.25, 0.3) is 10.9 Å². The lowest BCUT2D eigenvalue weighted by atomic mass is 9.78. The molecule has 4 rings (SSSR count). The summed E-state index contributed by atoms with van der Waals surface area (Å²) in [5.41, 5.74) is -0.270. The SMILES string of the molecule is CCC1C=CC=CC1(NC(=O)c1cccc2[nH]cc(Sc3cccc(Cl)c3)c12)C(=O)O. The fourth-order valence-electron chi connectivity index (χ4n) is 3.89. The maximum Gasteiger partial charge on any atom is 0.334 e. The van der Waals surface area contributed by atoms with Crippen LogP contribution in [0.2, 0.25) is 5.02 Å². The second-order valence-electron chi connectivity index (χ2n) is 7.33. The van der Waals surface area contributed by atoms with Crippen LogP contribution in [0.4, 0.5) is 0 Å². The molecule has 0 spiro atoms. The van der Waals surface area contributed by atoms with E-state index < -0.39 is 17.4 Å². The van der Waals surface area contributed by atoms with Crippen LogP contribution in [0.3, 0.4) is 0 Å². The largest absolute Gasteiger partial charge is 0.479 e. The van der Waals surface area contributed by atoms with Crippen LogP contribution in [0.15, 0.2) is 82.8 Å². The van der Waals surface area contributed by atoms with Gasteiger partial charge in [-0.05, 0) is 42.8 Å². The van der Waals surface area contributed by atoms with Gasteiger partial charge in [0.05, 0.1) is 0 Å². The number of aromatic nitrogens is 1. The van der Waals surface area contributed by atoms with Gasteiger partial charge in [-0.2, -0.15) is 0 Å². The van der Waals surface area contributed by atoms with E-state index in [9.17, 15) is 14.7 Å². The van der Waals surface area contributed by atoms with Crippen molar-refractivity contribution in [3.8, 4) is 0 Å². The predicted molar refractivity (Wildman–Crippen MR) is 124 cm³/mol. The highest BCUT2D eigenvalue weighted by atomic mass is 35.5. The molecule has 3 N–H and O–H groups in total. The van der Waals surface area contributed by atoms with E-state index in [-0.39, 0.29) is 5.92 Å². The van der Waals surface area contributed by atoms with Crippen molar-refractivity contribution in [1.82, 2.24) is 10.3 Å². The number of aromatic amines is 1. The summed E-state index contributed by atoms with van der Waals surface area (Å²) in [7, 11) is 0. The third kappa shape index (κ3) is 4.01. The summed E-state index contributed by atoms with van der Waals surface area (Å²) in [6, 6.07) is 12.9. The van der Waals surface area contributed by atoms with Gasteiger partial charge in [0.15, 0.2) is 5.54 Å². The smallest absolute Gasteiger partial charge is 0.334 e. The van der Waals surface area contributed by atoms with Gasteiger partial charge in [0.25, 0.3) is 5.91 Å². The van der Waals surface area contributed by atoms with E-state index in [0.29, 0.717) is 17.0 Å². The van der Waals surface area contributed by atoms with Crippen LogP contribution in [0, 0.1) is 5.92 Å². The summed E-state index contributed by atoms with van der Waals surface area (Å²) < 4.78 is 0. The fraction of sp³-hybridized carbons (Fsp3) is 0.167. The van der Waals surface area contributed by atoms with E-state index in [4.69, 9.17) is 11.6 Å². The first-order valence-electron chi connectivity index (χ1n) is 9.90. The molecule has 7 heteroatoms. The normalized spacial score (nSPS) is 20.1. The molecule has 0 saturated heterocycles. The second-order valence-corrected chi connectivity index (χ2v) is 8.88. The number of nitrogens with one attached hydrogen (secondary N) is 2. The third-order valence-electron chi connectivity index (χ3n) is 5.45. The Balaban J connectivity index is 1.73. The minimum atomic E-state index is -1.49. The molecule has 0 radical (unpaired) electrons. The number of carbonyl (C=O) groups is 2. The van der Waals surface area contributed by atoms with E-state index in [1.807, 2.05) is 49.5 Å². The van der Waals surface area contributed by atoms with Crippen molar-refractivity contribution in [2.75, 3.05) is 0 Å². The molecule has 0 bridgehead atoms. The van der Waals surface area contributed by atoms with Gasteiger partial charge in [-0.1, -0.05) is 60.6 Å². The van der Waals surface area contributed by atoms with Gasteiger partial charge in [-0.15, -0.1) is 0 Å². The Kier molecular flexibility index (Phi) is 5.94.